The summed E-state index contributed by atoms with van der Waals surface area (Å²) in [5.74, 6) is 0.618. The second-order valence-corrected chi connectivity index (χ2v) is 5.97. The Hall–Kier alpha value is -1.45. The van der Waals surface area contributed by atoms with Gasteiger partial charge < -0.3 is 20.5 Å². The Labute approximate surface area is 117 Å². The number of hydrogen-bond donors (Lipinski definition) is 2. The summed E-state index contributed by atoms with van der Waals surface area (Å²) in [6, 6.07) is 2.11. The van der Waals surface area contributed by atoms with Gasteiger partial charge in [-0.05, 0) is 26.7 Å². The zero-order chi connectivity index (χ0) is 14.0. The van der Waals surface area contributed by atoms with Gasteiger partial charge in [0.05, 0.1) is 12.2 Å². The van der Waals surface area contributed by atoms with E-state index >= 15 is 0 Å². The minimum atomic E-state index is -0.224. The minimum Gasteiger partial charge on any atom is -0.486 e. The van der Waals surface area contributed by atoms with E-state index in [1.165, 1.54) is 11.3 Å². The van der Waals surface area contributed by atoms with Crippen LogP contribution in [0.25, 0.3) is 0 Å². The van der Waals surface area contributed by atoms with Crippen LogP contribution in [0.4, 0.5) is 10.7 Å². The molecule has 0 aliphatic carbocycles. The highest BCUT2D eigenvalue weighted by atomic mass is 32.1. The molecular formula is C13H19N3O2S. The lowest BCUT2D eigenvalue weighted by molar-refractivity contribution is 0.145. The van der Waals surface area contributed by atoms with Gasteiger partial charge in [0.1, 0.15) is 21.6 Å². The summed E-state index contributed by atoms with van der Waals surface area (Å²) in [4.78, 5) is 2.64. The van der Waals surface area contributed by atoms with Gasteiger partial charge in [-0.2, -0.15) is 5.26 Å². The molecule has 2 rings (SSSR count). The van der Waals surface area contributed by atoms with Gasteiger partial charge in [-0.3, -0.25) is 0 Å². The van der Waals surface area contributed by atoms with Gasteiger partial charge in [-0.15, -0.1) is 11.3 Å². The van der Waals surface area contributed by atoms with Crippen molar-refractivity contribution in [2.75, 3.05) is 23.7 Å². The number of thiophene rings is 1. The topological polar surface area (TPSA) is 82.5 Å². The van der Waals surface area contributed by atoms with Crippen molar-refractivity contribution >= 4 is 22.0 Å². The summed E-state index contributed by atoms with van der Waals surface area (Å²) in [6.45, 7) is 5.40. The van der Waals surface area contributed by atoms with Gasteiger partial charge in [0.25, 0.3) is 0 Å². The lowest BCUT2D eigenvalue weighted by Crippen LogP contribution is -2.35. The van der Waals surface area contributed by atoms with Crippen molar-refractivity contribution in [1.29, 1.82) is 5.26 Å². The molecule has 2 heterocycles. The molecule has 19 heavy (non-hydrogen) atoms. The van der Waals surface area contributed by atoms with Crippen LogP contribution in [0, 0.1) is 11.3 Å². The average Bonchev–Trinajstić information content (AvgIpc) is 2.67. The normalized spacial score (nSPS) is 16.7. The Kier molecular flexibility index (Phi) is 4.17. The van der Waals surface area contributed by atoms with E-state index in [1.54, 1.807) is 0 Å². The van der Waals surface area contributed by atoms with E-state index in [0.717, 1.165) is 30.9 Å². The molecule has 0 radical (unpaired) electrons. The van der Waals surface area contributed by atoms with Gasteiger partial charge in [-0.25, -0.2) is 0 Å². The van der Waals surface area contributed by atoms with E-state index in [4.69, 9.17) is 15.7 Å². The summed E-state index contributed by atoms with van der Waals surface area (Å²) in [6.07, 6.45) is 1.26. The smallest absolute Gasteiger partial charge is 0.178 e. The number of nitriles is 1. The number of hydrogen-bond acceptors (Lipinski definition) is 6. The number of piperidine rings is 1. The van der Waals surface area contributed by atoms with Crippen LogP contribution >= 0.6 is 11.3 Å². The Balaban J connectivity index is 2.30. The molecule has 0 amide bonds. The van der Waals surface area contributed by atoms with Crippen LogP contribution in [0.1, 0.15) is 31.6 Å². The van der Waals surface area contributed by atoms with Crippen molar-refractivity contribution in [2.45, 2.75) is 38.9 Å². The predicted molar refractivity (Wildman–Crippen MR) is 76.7 cm³/mol. The van der Waals surface area contributed by atoms with E-state index < -0.39 is 0 Å². The van der Waals surface area contributed by atoms with Gasteiger partial charge >= 0.3 is 0 Å². The van der Waals surface area contributed by atoms with Crippen LogP contribution in [0.2, 0.25) is 0 Å². The van der Waals surface area contributed by atoms with Crippen LogP contribution in [-0.2, 0) is 0 Å². The van der Waals surface area contributed by atoms with Gasteiger partial charge in [0.2, 0.25) is 0 Å². The number of aliphatic hydroxyl groups is 1. The molecule has 5 nitrogen and oxygen atoms in total. The standard InChI is InChI=1S/C13H19N3O2S/c1-8(2)18-12-11(15)10(7-14)19-13(12)16-5-3-9(17)4-6-16/h8-9,17H,3-6,15H2,1-2H3. The molecular weight excluding hydrogens is 262 g/mol. The molecule has 0 unspecified atom stereocenters. The summed E-state index contributed by atoms with van der Waals surface area (Å²) in [5.41, 5.74) is 6.42. The molecule has 0 aromatic carbocycles. The summed E-state index contributed by atoms with van der Waals surface area (Å²) in [5, 5.41) is 19.6. The fourth-order valence-electron chi connectivity index (χ4n) is 2.13. The third-order valence-corrected chi connectivity index (χ3v) is 4.24. The summed E-state index contributed by atoms with van der Waals surface area (Å²) < 4.78 is 5.77. The highest BCUT2D eigenvalue weighted by Gasteiger charge is 2.26. The van der Waals surface area contributed by atoms with Crippen molar-refractivity contribution in [2.24, 2.45) is 0 Å². The first kappa shape index (κ1) is 14.0. The largest absolute Gasteiger partial charge is 0.486 e. The number of nitrogen functional groups attached to an aromatic ring is 1. The summed E-state index contributed by atoms with van der Waals surface area (Å²) in [7, 11) is 0. The van der Waals surface area contributed by atoms with Gasteiger partial charge in [0, 0.05) is 13.1 Å². The molecule has 1 aliphatic rings. The molecule has 1 aliphatic heterocycles. The van der Waals surface area contributed by atoms with E-state index in [-0.39, 0.29) is 12.2 Å². The zero-order valence-corrected chi connectivity index (χ0v) is 12.0. The second-order valence-electron chi connectivity index (χ2n) is 4.98. The first-order chi connectivity index (χ1) is 9.02. The van der Waals surface area contributed by atoms with Crippen molar-refractivity contribution < 1.29 is 9.84 Å². The number of rotatable bonds is 3. The monoisotopic (exact) mass is 281 g/mol. The molecule has 0 saturated carbocycles. The van der Waals surface area contributed by atoms with Crippen molar-refractivity contribution in [3.05, 3.63) is 4.88 Å². The number of anilines is 2. The maximum Gasteiger partial charge on any atom is 0.178 e. The number of nitrogens with zero attached hydrogens (tertiary/aromatic N) is 2. The minimum absolute atomic E-state index is 0.0116. The van der Waals surface area contributed by atoms with Crippen molar-refractivity contribution in [1.82, 2.24) is 0 Å². The fourth-order valence-corrected chi connectivity index (χ4v) is 3.13. The summed E-state index contributed by atoms with van der Waals surface area (Å²) >= 11 is 1.37. The van der Waals surface area contributed by atoms with E-state index in [9.17, 15) is 5.11 Å². The molecule has 1 aromatic rings. The fraction of sp³-hybridized carbons (Fsp3) is 0.615. The van der Waals surface area contributed by atoms with E-state index in [1.807, 2.05) is 13.8 Å². The molecule has 0 atom stereocenters. The van der Waals surface area contributed by atoms with Crippen LogP contribution in [0.3, 0.4) is 0 Å². The Morgan fingerprint density at radius 2 is 2.11 bits per heavy atom. The van der Waals surface area contributed by atoms with Gasteiger partial charge in [0.15, 0.2) is 5.75 Å². The molecule has 104 valence electrons. The Bertz CT molecular complexity index is 485. The van der Waals surface area contributed by atoms with E-state index in [2.05, 4.69) is 11.0 Å². The Morgan fingerprint density at radius 3 is 2.63 bits per heavy atom. The Morgan fingerprint density at radius 1 is 1.47 bits per heavy atom. The molecule has 6 heteroatoms. The third kappa shape index (κ3) is 2.94. The maximum absolute atomic E-state index is 9.56. The van der Waals surface area contributed by atoms with Crippen molar-refractivity contribution in [3.8, 4) is 11.8 Å². The van der Waals surface area contributed by atoms with Crippen LogP contribution in [0.15, 0.2) is 0 Å². The van der Waals surface area contributed by atoms with Crippen LogP contribution < -0.4 is 15.4 Å². The first-order valence-electron chi connectivity index (χ1n) is 6.45. The molecule has 0 spiro atoms. The molecule has 3 N–H and O–H groups in total. The molecule has 0 bridgehead atoms. The molecule has 1 aromatic heterocycles. The van der Waals surface area contributed by atoms with E-state index in [0.29, 0.717) is 16.3 Å². The number of aliphatic hydroxyl groups excluding tert-OH is 1. The lowest BCUT2D eigenvalue weighted by Gasteiger charge is -2.31. The van der Waals surface area contributed by atoms with Gasteiger partial charge in [-0.1, -0.05) is 0 Å². The first-order valence-corrected chi connectivity index (χ1v) is 7.26. The van der Waals surface area contributed by atoms with Crippen molar-refractivity contribution in [3.63, 3.8) is 0 Å². The number of ether oxygens (including phenoxy) is 1. The third-order valence-electron chi connectivity index (χ3n) is 3.09. The molecule has 1 saturated heterocycles. The maximum atomic E-state index is 9.56. The lowest BCUT2D eigenvalue weighted by atomic mass is 10.1. The highest BCUT2D eigenvalue weighted by Crippen LogP contribution is 2.45. The average molecular weight is 281 g/mol. The predicted octanol–water partition coefficient (Wildman–Crippen LogP) is 1.95. The molecule has 1 fully saturated rings. The van der Waals surface area contributed by atoms with Crippen LogP contribution in [0.5, 0.6) is 5.75 Å². The SMILES string of the molecule is CC(C)Oc1c(N2CCC(O)CC2)sc(C#N)c1N. The number of nitrogens with two attached hydrogens (primary N) is 1. The van der Waals surface area contributed by atoms with Crippen LogP contribution in [-0.4, -0.2) is 30.4 Å². The zero-order valence-electron chi connectivity index (χ0n) is 11.2. The highest BCUT2D eigenvalue weighted by molar-refractivity contribution is 7.17. The second kappa shape index (κ2) is 5.68. The quantitative estimate of drug-likeness (QED) is 0.885.